The van der Waals surface area contributed by atoms with Gasteiger partial charge in [-0.3, -0.25) is 9.59 Å². The number of ether oxygens (including phenoxy) is 3. The van der Waals surface area contributed by atoms with E-state index in [1.54, 1.807) is 20.3 Å². The van der Waals surface area contributed by atoms with Crippen LogP contribution in [0.25, 0.3) is 10.9 Å². The summed E-state index contributed by atoms with van der Waals surface area (Å²) in [6.07, 6.45) is 1.63. The Morgan fingerprint density at radius 1 is 0.889 bits per heavy atom. The van der Waals surface area contributed by atoms with Gasteiger partial charge < -0.3 is 24.1 Å². The smallest absolute Gasteiger partial charge is 0.248 e. The highest BCUT2D eigenvalue weighted by atomic mass is 16.5. The highest BCUT2D eigenvalue weighted by Crippen LogP contribution is 2.28. The molecule has 0 saturated heterocycles. The number of anilines is 1. The largest absolute Gasteiger partial charge is 0.494 e. The molecule has 0 bridgehead atoms. The van der Waals surface area contributed by atoms with Crippen LogP contribution >= 0.6 is 0 Å². The molecule has 3 aromatic carbocycles. The van der Waals surface area contributed by atoms with Gasteiger partial charge in [0, 0.05) is 35.6 Å². The van der Waals surface area contributed by atoms with Crippen molar-refractivity contribution in [2.24, 2.45) is 0 Å². The van der Waals surface area contributed by atoms with E-state index < -0.39 is 0 Å². The Bertz CT molecular complexity index is 1370. The zero-order valence-electron chi connectivity index (χ0n) is 20.5. The first-order valence-corrected chi connectivity index (χ1v) is 11.9. The van der Waals surface area contributed by atoms with Crippen molar-refractivity contribution < 1.29 is 19.0 Å². The number of rotatable bonds is 11. The van der Waals surface area contributed by atoms with Crippen LogP contribution in [0.15, 0.2) is 83.7 Å². The molecule has 1 amide bonds. The zero-order chi connectivity index (χ0) is 25.3. The van der Waals surface area contributed by atoms with Crippen LogP contribution < -0.4 is 24.7 Å². The van der Waals surface area contributed by atoms with Gasteiger partial charge in [-0.1, -0.05) is 24.3 Å². The number of hydrogen-bond donors (Lipinski definition) is 1. The number of aromatic nitrogens is 1. The predicted molar refractivity (Wildman–Crippen MR) is 141 cm³/mol. The Kier molecular flexibility index (Phi) is 8.24. The summed E-state index contributed by atoms with van der Waals surface area (Å²) in [6, 6.07) is 24.3. The Hall–Kier alpha value is -4.26. The molecule has 1 heterocycles. The van der Waals surface area contributed by atoms with Crippen LogP contribution in [0.1, 0.15) is 18.4 Å². The molecule has 36 heavy (non-hydrogen) atoms. The van der Waals surface area contributed by atoms with Crippen molar-refractivity contribution in [3.8, 4) is 17.2 Å². The van der Waals surface area contributed by atoms with Gasteiger partial charge in [0.1, 0.15) is 5.75 Å². The quantitative estimate of drug-likeness (QED) is 0.303. The number of hydrogen-bond acceptors (Lipinski definition) is 5. The molecule has 7 nitrogen and oxygen atoms in total. The lowest BCUT2D eigenvalue weighted by molar-refractivity contribution is -0.118. The SMILES string of the molecule is COc1ccc(CCN(C(=O)CCCOc2ccc3[nH]c(=O)ccc3c2)c2ccccc2)cc1OC. The van der Waals surface area contributed by atoms with Crippen molar-refractivity contribution in [2.45, 2.75) is 19.3 Å². The van der Waals surface area contributed by atoms with Gasteiger partial charge in [-0.2, -0.15) is 0 Å². The summed E-state index contributed by atoms with van der Waals surface area (Å²) in [7, 11) is 3.22. The number of benzene rings is 3. The van der Waals surface area contributed by atoms with E-state index in [4.69, 9.17) is 14.2 Å². The van der Waals surface area contributed by atoms with E-state index in [0.717, 1.165) is 22.2 Å². The van der Waals surface area contributed by atoms with Crippen molar-refractivity contribution in [2.75, 3.05) is 32.3 Å². The van der Waals surface area contributed by atoms with E-state index in [2.05, 4.69) is 4.98 Å². The Morgan fingerprint density at radius 3 is 2.47 bits per heavy atom. The van der Waals surface area contributed by atoms with Gasteiger partial charge >= 0.3 is 0 Å². The first kappa shape index (κ1) is 24.9. The van der Waals surface area contributed by atoms with Crippen molar-refractivity contribution in [3.05, 3.63) is 94.8 Å². The third-order valence-corrected chi connectivity index (χ3v) is 5.94. The standard InChI is InChI=1S/C29H30N2O5/c1-34-26-14-10-21(19-27(26)35-2)16-17-31(23-7-4-3-5-8-23)29(33)9-6-18-36-24-12-13-25-22(20-24)11-15-28(32)30-25/h3-5,7-8,10-15,19-20H,6,9,16-18H2,1-2H3,(H,30,32). The number of amides is 1. The van der Waals surface area contributed by atoms with Crippen LogP contribution in [0.5, 0.6) is 17.2 Å². The van der Waals surface area contributed by atoms with Crippen molar-refractivity contribution in [1.29, 1.82) is 0 Å². The molecule has 7 heteroatoms. The average molecular weight is 487 g/mol. The molecule has 0 aliphatic heterocycles. The van der Waals surface area contributed by atoms with Crippen LogP contribution in [0.4, 0.5) is 5.69 Å². The second kappa shape index (κ2) is 11.9. The molecule has 0 fully saturated rings. The number of fused-ring (bicyclic) bond motifs is 1. The number of nitrogens with zero attached hydrogens (tertiary/aromatic N) is 1. The topological polar surface area (TPSA) is 80.9 Å². The fraction of sp³-hybridized carbons (Fsp3) is 0.241. The molecular weight excluding hydrogens is 456 g/mol. The minimum atomic E-state index is -0.135. The number of H-pyrrole nitrogens is 1. The van der Waals surface area contributed by atoms with E-state index >= 15 is 0 Å². The third-order valence-electron chi connectivity index (χ3n) is 5.94. The van der Waals surface area contributed by atoms with E-state index in [-0.39, 0.29) is 11.5 Å². The first-order valence-electron chi connectivity index (χ1n) is 11.9. The van der Waals surface area contributed by atoms with Gasteiger partial charge in [0.05, 0.1) is 20.8 Å². The lowest BCUT2D eigenvalue weighted by Crippen LogP contribution is -2.33. The second-order valence-electron chi connectivity index (χ2n) is 8.34. The minimum absolute atomic E-state index is 0.0429. The molecule has 0 saturated carbocycles. The van der Waals surface area contributed by atoms with Gasteiger partial charge in [0.25, 0.3) is 0 Å². The number of para-hydroxylation sites is 1. The first-order chi connectivity index (χ1) is 17.6. The predicted octanol–water partition coefficient (Wildman–Crippen LogP) is 4.98. The second-order valence-corrected chi connectivity index (χ2v) is 8.34. The van der Waals surface area contributed by atoms with Gasteiger partial charge in [-0.15, -0.1) is 0 Å². The monoisotopic (exact) mass is 486 g/mol. The van der Waals surface area contributed by atoms with Crippen molar-refractivity contribution in [3.63, 3.8) is 0 Å². The summed E-state index contributed by atoms with van der Waals surface area (Å²) in [5.74, 6) is 2.10. The molecule has 0 unspecified atom stereocenters. The molecule has 0 atom stereocenters. The molecule has 0 aliphatic carbocycles. The maximum absolute atomic E-state index is 13.2. The van der Waals surface area contributed by atoms with Crippen LogP contribution in [0, 0.1) is 0 Å². The number of methoxy groups -OCH3 is 2. The van der Waals surface area contributed by atoms with Gasteiger partial charge in [-0.25, -0.2) is 0 Å². The summed E-state index contributed by atoms with van der Waals surface area (Å²) in [5, 5.41) is 0.897. The summed E-state index contributed by atoms with van der Waals surface area (Å²) in [4.78, 5) is 29.3. The van der Waals surface area contributed by atoms with E-state index in [1.165, 1.54) is 6.07 Å². The molecule has 0 spiro atoms. The number of carbonyl (C=O) groups excluding carboxylic acids is 1. The van der Waals surface area contributed by atoms with Crippen molar-refractivity contribution >= 4 is 22.5 Å². The van der Waals surface area contributed by atoms with Crippen molar-refractivity contribution in [1.82, 2.24) is 4.98 Å². The molecular formula is C29H30N2O5. The van der Waals surface area contributed by atoms with Gasteiger partial charge in [-0.05, 0) is 66.9 Å². The summed E-state index contributed by atoms with van der Waals surface area (Å²) >= 11 is 0. The van der Waals surface area contributed by atoms with E-state index in [1.807, 2.05) is 71.6 Å². The minimum Gasteiger partial charge on any atom is -0.494 e. The number of nitrogens with one attached hydrogen (secondary N) is 1. The molecule has 4 rings (SSSR count). The Morgan fingerprint density at radius 2 is 1.69 bits per heavy atom. The maximum atomic E-state index is 13.2. The molecule has 4 aromatic rings. The molecule has 0 radical (unpaired) electrons. The van der Waals surface area contributed by atoms with Gasteiger partial charge in [0.15, 0.2) is 11.5 Å². The number of carbonyl (C=O) groups is 1. The zero-order valence-corrected chi connectivity index (χ0v) is 20.5. The Balaban J connectivity index is 1.36. The van der Waals surface area contributed by atoms with Gasteiger partial charge in [0.2, 0.25) is 11.5 Å². The highest BCUT2D eigenvalue weighted by molar-refractivity contribution is 5.93. The van der Waals surface area contributed by atoms with Crippen LogP contribution in [-0.4, -0.2) is 38.3 Å². The van der Waals surface area contributed by atoms with E-state index in [9.17, 15) is 9.59 Å². The highest BCUT2D eigenvalue weighted by Gasteiger charge is 2.16. The lowest BCUT2D eigenvalue weighted by Gasteiger charge is -2.23. The maximum Gasteiger partial charge on any atom is 0.248 e. The summed E-state index contributed by atoms with van der Waals surface area (Å²) < 4.78 is 16.6. The normalized spacial score (nSPS) is 10.7. The van der Waals surface area contributed by atoms with Crippen LogP contribution in [0.2, 0.25) is 0 Å². The summed E-state index contributed by atoms with van der Waals surface area (Å²) in [6.45, 7) is 0.959. The lowest BCUT2D eigenvalue weighted by atomic mass is 10.1. The molecule has 1 aromatic heterocycles. The summed E-state index contributed by atoms with van der Waals surface area (Å²) in [5.41, 5.74) is 2.55. The molecule has 0 aliphatic rings. The van der Waals surface area contributed by atoms with Crippen LogP contribution in [0.3, 0.4) is 0 Å². The van der Waals surface area contributed by atoms with E-state index in [0.29, 0.717) is 49.7 Å². The fourth-order valence-electron chi connectivity index (χ4n) is 4.05. The molecule has 1 N–H and O–H groups in total. The Labute approximate surface area is 210 Å². The average Bonchev–Trinajstić information content (AvgIpc) is 2.91. The number of aromatic amines is 1. The number of pyridine rings is 1. The van der Waals surface area contributed by atoms with Crippen LogP contribution in [-0.2, 0) is 11.2 Å². The fourth-order valence-corrected chi connectivity index (χ4v) is 4.05. The third kappa shape index (κ3) is 6.24. The molecule has 186 valence electrons.